The van der Waals surface area contributed by atoms with Crippen molar-refractivity contribution < 1.29 is 13.2 Å². The van der Waals surface area contributed by atoms with Crippen LogP contribution in [0.5, 0.6) is 0 Å². The number of fused-ring (bicyclic) bond motifs is 1. The van der Waals surface area contributed by atoms with Crippen LogP contribution in [-0.4, -0.2) is 9.78 Å². The van der Waals surface area contributed by atoms with Gasteiger partial charge in [0.2, 0.25) is 0 Å². The maximum Gasteiger partial charge on any atom is 0.416 e. The van der Waals surface area contributed by atoms with Crippen molar-refractivity contribution in [3.8, 4) is 5.69 Å². The molecule has 0 aliphatic heterocycles. The molecule has 6 heteroatoms. The molecule has 1 N–H and O–H groups in total. The van der Waals surface area contributed by atoms with Gasteiger partial charge in [-0.05, 0) is 46.7 Å². The van der Waals surface area contributed by atoms with E-state index < -0.39 is 11.7 Å². The molecule has 1 heterocycles. The molecule has 0 atom stereocenters. The van der Waals surface area contributed by atoms with Crippen LogP contribution >= 0.6 is 0 Å². The molecule has 0 aliphatic rings. The fraction of sp³-hybridized carbons (Fsp3) is 0.136. The van der Waals surface area contributed by atoms with Crippen LogP contribution in [0.2, 0.25) is 0 Å². The summed E-state index contributed by atoms with van der Waals surface area (Å²) in [7, 11) is 0. The lowest BCUT2D eigenvalue weighted by atomic mass is 10.0. The Morgan fingerprint density at radius 1 is 0.821 bits per heavy atom. The summed E-state index contributed by atoms with van der Waals surface area (Å²) in [4.78, 5) is 0. The van der Waals surface area contributed by atoms with E-state index in [9.17, 15) is 13.2 Å². The third kappa shape index (κ3) is 3.92. The molecule has 28 heavy (non-hydrogen) atoms. The Morgan fingerprint density at radius 3 is 2.36 bits per heavy atom. The predicted molar refractivity (Wildman–Crippen MR) is 103 cm³/mol. The molecule has 0 bridgehead atoms. The molecule has 0 fully saturated rings. The standard InChI is InChI=1S/C22H18F3N3/c23-22(24,25)18-8-10-20(11-9-18)28-13-12-19(27-28)15-26-14-17-6-3-5-16-4-1-2-7-21(16)17/h1-13,26H,14-15H2. The predicted octanol–water partition coefficient (Wildman–Crippen LogP) is 5.33. The van der Waals surface area contributed by atoms with Crippen molar-refractivity contribution in [3.05, 3.63) is 95.8 Å². The molecule has 1 aromatic heterocycles. The van der Waals surface area contributed by atoms with Crippen molar-refractivity contribution in [2.45, 2.75) is 19.3 Å². The summed E-state index contributed by atoms with van der Waals surface area (Å²) in [5.74, 6) is 0. The monoisotopic (exact) mass is 381 g/mol. The van der Waals surface area contributed by atoms with Gasteiger partial charge >= 0.3 is 6.18 Å². The summed E-state index contributed by atoms with van der Waals surface area (Å²) < 4.78 is 39.6. The van der Waals surface area contributed by atoms with Gasteiger partial charge in [-0.25, -0.2) is 4.68 Å². The number of nitrogens with one attached hydrogen (secondary N) is 1. The molecule has 0 radical (unpaired) electrons. The van der Waals surface area contributed by atoms with E-state index in [0.717, 1.165) is 17.8 Å². The Bertz CT molecular complexity index is 1080. The van der Waals surface area contributed by atoms with Gasteiger partial charge in [-0.1, -0.05) is 42.5 Å². The smallest absolute Gasteiger partial charge is 0.307 e. The van der Waals surface area contributed by atoms with Gasteiger partial charge in [0.05, 0.1) is 16.9 Å². The largest absolute Gasteiger partial charge is 0.416 e. The molecule has 3 aromatic carbocycles. The Balaban J connectivity index is 1.41. The summed E-state index contributed by atoms with van der Waals surface area (Å²) in [6.45, 7) is 1.27. The number of hydrogen-bond donors (Lipinski definition) is 1. The van der Waals surface area contributed by atoms with Crippen molar-refractivity contribution in [3.63, 3.8) is 0 Å². The van der Waals surface area contributed by atoms with E-state index in [-0.39, 0.29) is 0 Å². The molecular weight excluding hydrogens is 363 g/mol. The Hall–Kier alpha value is -3.12. The van der Waals surface area contributed by atoms with Crippen molar-refractivity contribution in [1.82, 2.24) is 15.1 Å². The lowest BCUT2D eigenvalue weighted by Crippen LogP contribution is -2.13. The van der Waals surface area contributed by atoms with E-state index in [1.54, 1.807) is 10.9 Å². The fourth-order valence-electron chi connectivity index (χ4n) is 3.17. The zero-order chi connectivity index (χ0) is 19.6. The van der Waals surface area contributed by atoms with Crippen molar-refractivity contribution >= 4 is 10.8 Å². The second-order valence-electron chi connectivity index (χ2n) is 6.54. The first-order chi connectivity index (χ1) is 13.5. The molecule has 0 saturated carbocycles. The zero-order valence-corrected chi connectivity index (χ0v) is 14.9. The molecule has 0 aliphatic carbocycles. The van der Waals surface area contributed by atoms with Crippen LogP contribution in [0.4, 0.5) is 13.2 Å². The molecular formula is C22H18F3N3. The summed E-state index contributed by atoms with van der Waals surface area (Å²) in [5, 5.41) is 10.2. The molecule has 0 saturated heterocycles. The molecule has 4 rings (SSSR count). The summed E-state index contributed by atoms with van der Waals surface area (Å²) in [6, 6.07) is 21.3. The number of aromatic nitrogens is 2. The van der Waals surface area contributed by atoms with E-state index >= 15 is 0 Å². The van der Waals surface area contributed by atoms with Gasteiger partial charge in [-0.15, -0.1) is 0 Å². The third-order valence-corrected chi connectivity index (χ3v) is 4.60. The number of benzene rings is 3. The van der Waals surface area contributed by atoms with Gasteiger partial charge < -0.3 is 5.32 Å². The third-order valence-electron chi connectivity index (χ3n) is 4.60. The lowest BCUT2D eigenvalue weighted by Gasteiger charge is -2.08. The summed E-state index contributed by atoms with van der Waals surface area (Å²) in [5.41, 5.74) is 1.95. The maximum absolute atomic E-state index is 12.7. The second kappa shape index (κ2) is 7.48. The SMILES string of the molecule is FC(F)(F)c1ccc(-n2ccc(CNCc3cccc4ccccc34)n2)cc1. The highest BCUT2D eigenvalue weighted by atomic mass is 19.4. The van der Waals surface area contributed by atoms with Gasteiger partial charge in [-0.3, -0.25) is 0 Å². The Morgan fingerprint density at radius 2 is 1.57 bits per heavy atom. The molecule has 0 spiro atoms. The highest BCUT2D eigenvalue weighted by molar-refractivity contribution is 5.85. The number of halogens is 3. The zero-order valence-electron chi connectivity index (χ0n) is 14.9. The molecule has 142 valence electrons. The highest BCUT2D eigenvalue weighted by Crippen LogP contribution is 2.29. The van der Waals surface area contributed by atoms with Gasteiger partial charge in [-0.2, -0.15) is 18.3 Å². The lowest BCUT2D eigenvalue weighted by molar-refractivity contribution is -0.137. The van der Waals surface area contributed by atoms with Gasteiger partial charge in [0.25, 0.3) is 0 Å². The number of rotatable bonds is 5. The number of hydrogen-bond acceptors (Lipinski definition) is 2. The van der Waals surface area contributed by atoms with Crippen molar-refractivity contribution in [2.75, 3.05) is 0 Å². The van der Waals surface area contributed by atoms with Crippen LogP contribution in [0.25, 0.3) is 16.5 Å². The van der Waals surface area contributed by atoms with E-state index in [2.05, 4.69) is 34.7 Å². The van der Waals surface area contributed by atoms with E-state index in [0.29, 0.717) is 18.8 Å². The van der Waals surface area contributed by atoms with E-state index in [1.165, 1.54) is 28.5 Å². The highest BCUT2D eigenvalue weighted by Gasteiger charge is 2.30. The Labute approximate surface area is 160 Å². The van der Waals surface area contributed by atoms with Crippen LogP contribution in [0, 0.1) is 0 Å². The minimum atomic E-state index is -4.33. The average Bonchev–Trinajstić information content (AvgIpc) is 3.17. The second-order valence-corrected chi connectivity index (χ2v) is 6.54. The van der Waals surface area contributed by atoms with Crippen molar-refractivity contribution in [1.29, 1.82) is 0 Å². The van der Waals surface area contributed by atoms with Crippen LogP contribution in [-0.2, 0) is 19.3 Å². The van der Waals surface area contributed by atoms with Crippen molar-refractivity contribution in [2.24, 2.45) is 0 Å². The molecule has 0 unspecified atom stereocenters. The topological polar surface area (TPSA) is 29.9 Å². The number of nitrogens with zero attached hydrogens (tertiary/aromatic N) is 2. The van der Waals surface area contributed by atoms with E-state index in [1.807, 2.05) is 24.3 Å². The van der Waals surface area contributed by atoms with Gasteiger partial charge in [0.15, 0.2) is 0 Å². The minimum Gasteiger partial charge on any atom is -0.307 e. The maximum atomic E-state index is 12.7. The summed E-state index contributed by atoms with van der Waals surface area (Å²) in [6.07, 6.45) is -2.59. The quantitative estimate of drug-likeness (QED) is 0.506. The van der Waals surface area contributed by atoms with Gasteiger partial charge in [0.1, 0.15) is 0 Å². The first-order valence-electron chi connectivity index (χ1n) is 8.90. The van der Waals surface area contributed by atoms with E-state index in [4.69, 9.17) is 0 Å². The molecule has 4 aromatic rings. The Kier molecular flexibility index (Phi) is 4.88. The first kappa shape index (κ1) is 18.3. The molecule has 3 nitrogen and oxygen atoms in total. The summed E-state index contributed by atoms with van der Waals surface area (Å²) >= 11 is 0. The average molecular weight is 381 g/mol. The van der Waals surface area contributed by atoms with Crippen LogP contribution in [0.3, 0.4) is 0 Å². The molecule has 0 amide bonds. The first-order valence-corrected chi connectivity index (χ1v) is 8.90. The van der Waals surface area contributed by atoms with Crippen LogP contribution in [0.1, 0.15) is 16.8 Å². The fourth-order valence-corrected chi connectivity index (χ4v) is 3.17. The normalized spacial score (nSPS) is 11.8. The number of alkyl halides is 3. The van der Waals surface area contributed by atoms with Crippen LogP contribution < -0.4 is 5.32 Å². The van der Waals surface area contributed by atoms with Gasteiger partial charge in [0, 0.05) is 19.3 Å². The minimum absolute atomic E-state index is 0.566. The van der Waals surface area contributed by atoms with Crippen LogP contribution in [0.15, 0.2) is 79.0 Å².